The van der Waals surface area contributed by atoms with Gasteiger partial charge in [-0.25, -0.2) is 0 Å². The topological polar surface area (TPSA) is 57.2 Å². The monoisotopic (exact) mass is 518 g/mol. The normalized spacial score (nSPS) is 20.6. The first kappa shape index (κ1) is 28.5. The summed E-state index contributed by atoms with van der Waals surface area (Å²) in [7, 11) is 0. The second kappa shape index (κ2) is 15.2. The van der Waals surface area contributed by atoms with Crippen LogP contribution in [0.4, 0.5) is 0 Å². The molecule has 3 aromatic carbocycles. The molecule has 0 aromatic heterocycles. The Balaban J connectivity index is 1.45. The molecule has 1 aliphatic heterocycles. The molecule has 1 saturated heterocycles. The van der Waals surface area contributed by atoms with Gasteiger partial charge in [0.2, 0.25) is 0 Å². The molecule has 0 radical (unpaired) electrons. The van der Waals surface area contributed by atoms with E-state index in [2.05, 4.69) is 43.3 Å². The lowest BCUT2D eigenvalue weighted by Gasteiger charge is -2.36. The summed E-state index contributed by atoms with van der Waals surface area (Å²) in [5, 5.41) is 10.2. The maximum atomic E-state index is 10.2. The van der Waals surface area contributed by atoms with Crippen molar-refractivity contribution in [2.75, 3.05) is 6.61 Å². The lowest BCUT2D eigenvalue weighted by molar-refractivity contribution is -0.165. The molecular formula is C33H42O5. The van der Waals surface area contributed by atoms with Crippen LogP contribution in [0.25, 0.3) is 0 Å². The number of benzene rings is 3. The van der Waals surface area contributed by atoms with Crippen LogP contribution in [0, 0.1) is 5.92 Å². The maximum Gasteiger partial charge on any atom is 0.110 e. The van der Waals surface area contributed by atoms with Gasteiger partial charge in [-0.2, -0.15) is 0 Å². The third-order valence-electron chi connectivity index (χ3n) is 7.09. The van der Waals surface area contributed by atoms with E-state index in [-0.39, 0.29) is 30.3 Å². The highest BCUT2D eigenvalue weighted by molar-refractivity contribution is 5.15. The van der Waals surface area contributed by atoms with E-state index in [0.717, 1.165) is 29.5 Å². The second-order valence-corrected chi connectivity index (χ2v) is 10.5. The van der Waals surface area contributed by atoms with Crippen LogP contribution in [0.15, 0.2) is 91.0 Å². The van der Waals surface area contributed by atoms with Crippen LogP contribution in [-0.4, -0.2) is 42.2 Å². The minimum Gasteiger partial charge on any atom is -0.393 e. The predicted molar refractivity (Wildman–Crippen MR) is 149 cm³/mol. The lowest BCUT2D eigenvalue weighted by atomic mass is 9.90. The number of hydrogen-bond donors (Lipinski definition) is 1. The number of aliphatic hydroxyl groups excluding tert-OH is 1. The van der Waals surface area contributed by atoms with Crippen molar-refractivity contribution in [2.45, 2.75) is 83.5 Å². The fraction of sp³-hybridized carbons (Fsp3) is 0.455. The molecule has 5 nitrogen and oxygen atoms in total. The molecule has 0 spiro atoms. The van der Waals surface area contributed by atoms with Crippen LogP contribution >= 0.6 is 0 Å². The molecule has 0 aliphatic carbocycles. The minimum atomic E-state index is -0.425. The highest BCUT2D eigenvalue weighted by atomic mass is 16.6. The van der Waals surface area contributed by atoms with Crippen LogP contribution < -0.4 is 0 Å². The van der Waals surface area contributed by atoms with Gasteiger partial charge in [-0.15, -0.1) is 0 Å². The standard InChI is InChI=1S/C33H42O5/c1-25(20-26(2)34)32(36-22-28-14-8-4-9-15-28)33(37-23-29-16-10-5-11-17-29)31-19-18-30(38-31)24-35-21-27-12-6-3-7-13-27/h3-17,25-26,30-34H,18-24H2,1-2H3/t25-,26?,30-,31+,32-,33-/m1/s1. The van der Waals surface area contributed by atoms with E-state index in [9.17, 15) is 5.11 Å². The summed E-state index contributed by atoms with van der Waals surface area (Å²) < 4.78 is 25.7. The van der Waals surface area contributed by atoms with Crippen molar-refractivity contribution in [3.8, 4) is 0 Å². The molecule has 1 unspecified atom stereocenters. The van der Waals surface area contributed by atoms with Gasteiger partial charge >= 0.3 is 0 Å². The van der Waals surface area contributed by atoms with Gasteiger partial charge < -0.3 is 24.1 Å². The van der Waals surface area contributed by atoms with Crippen molar-refractivity contribution in [3.63, 3.8) is 0 Å². The third-order valence-corrected chi connectivity index (χ3v) is 7.09. The van der Waals surface area contributed by atoms with E-state index >= 15 is 0 Å². The van der Waals surface area contributed by atoms with Crippen LogP contribution in [-0.2, 0) is 38.8 Å². The maximum absolute atomic E-state index is 10.2. The summed E-state index contributed by atoms with van der Waals surface area (Å²) in [6.45, 7) is 6.06. The average molecular weight is 519 g/mol. The van der Waals surface area contributed by atoms with Crippen molar-refractivity contribution in [3.05, 3.63) is 108 Å². The molecule has 6 atom stereocenters. The van der Waals surface area contributed by atoms with Gasteiger partial charge in [-0.1, -0.05) is 97.9 Å². The fourth-order valence-corrected chi connectivity index (χ4v) is 5.18. The zero-order chi connectivity index (χ0) is 26.6. The summed E-state index contributed by atoms with van der Waals surface area (Å²) in [5.41, 5.74) is 3.39. The van der Waals surface area contributed by atoms with Gasteiger partial charge in [-0.3, -0.25) is 0 Å². The molecule has 1 N–H and O–H groups in total. The van der Waals surface area contributed by atoms with Crippen molar-refractivity contribution >= 4 is 0 Å². The van der Waals surface area contributed by atoms with E-state index in [0.29, 0.717) is 32.8 Å². The molecule has 0 amide bonds. The van der Waals surface area contributed by atoms with Gasteiger partial charge in [-0.05, 0) is 48.8 Å². The Hall–Kier alpha value is -2.54. The third kappa shape index (κ3) is 9.04. The van der Waals surface area contributed by atoms with Crippen molar-refractivity contribution in [1.82, 2.24) is 0 Å². The fourth-order valence-electron chi connectivity index (χ4n) is 5.18. The van der Waals surface area contributed by atoms with Crippen molar-refractivity contribution in [1.29, 1.82) is 0 Å². The number of ether oxygens (including phenoxy) is 4. The van der Waals surface area contributed by atoms with E-state index in [4.69, 9.17) is 18.9 Å². The molecule has 1 fully saturated rings. The SMILES string of the molecule is CC(O)C[C@@H](C)[C@@H](OCc1ccccc1)[C@H](OCc1ccccc1)[C@@H]1CC[C@H](COCc2ccccc2)O1. The Morgan fingerprint density at radius 3 is 1.82 bits per heavy atom. The van der Waals surface area contributed by atoms with Crippen LogP contribution in [0.1, 0.15) is 49.8 Å². The van der Waals surface area contributed by atoms with Gasteiger partial charge in [0.05, 0.1) is 50.8 Å². The van der Waals surface area contributed by atoms with Crippen LogP contribution in [0.5, 0.6) is 0 Å². The van der Waals surface area contributed by atoms with E-state index < -0.39 is 6.10 Å². The molecule has 38 heavy (non-hydrogen) atoms. The minimum absolute atomic E-state index is 0.0217. The molecule has 1 aliphatic rings. The summed E-state index contributed by atoms with van der Waals surface area (Å²) in [4.78, 5) is 0. The van der Waals surface area contributed by atoms with E-state index in [1.807, 2.05) is 61.5 Å². The molecule has 5 heteroatoms. The van der Waals surface area contributed by atoms with Gasteiger partial charge in [0.1, 0.15) is 6.10 Å². The Labute approximate surface area is 227 Å². The molecular weight excluding hydrogens is 476 g/mol. The van der Waals surface area contributed by atoms with Gasteiger partial charge in [0.25, 0.3) is 0 Å². The molecule has 0 saturated carbocycles. The quantitative estimate of drug-likeness (QED) is 0.255. The number of rotatable bonds is 15. The summed E-state index contributed by atoms with van der Waals surface area (Å²) in [5.74, 6) is 0.0801. The highest BCUT2D eigenvalue weighted by Crippen LogP contribution is 2.32. The Morgan fingerprint density at radius 1 is 0.737 bits per heavy atom. The smallest absolute Gasteiger partial charge is 0.110 e. The number of hydrogen-bond acceptors (Lipinski definition) is 5. The van der Waals surface area contributed by atoms with Crippen LogP contribution in [0.2, 0.25) is 0 Å². The van der Waals surface area contributed by atoms with Crippen molar-refractivity contribution in [2.24, 2.45) is 5.92 Å². The molecule has 1 heterocycles. The first-order valence-corrected chi connectivity index (χ1v) is 13.8. The molecule has 0 bridgehead atoms. The summed E-state index contributed by atoms with van der Waals surface area (Å²) >= 11 is 0. The Morgan fingerprint density at radius 2 is 1.26 bits per heavy atom. The molecule has 204 valence electrons. The molecule has 3 aromatic rings. The average Bonchev–Trinajstić information content (AvgIpc) is 3.40. The van der Waals surface area contributed by atoms with Crippen molar-refractivity contribution < 1.29 is 24.1 Å². The van der Waals surface area contributed by atoms with E-state index in [1.165, 1.54) is 0 Å². The predicted octanol–water partition coefficient (Wildman–Crippen LogP) is 6.33. The largest absolute Gasteiger partial charge is 0.393 e. The summed E-state index contributed by atoms with van der Waals surface area (Å²) in [6, 6.07) is 30.6. The first-order valence-electron chi connectivity index (χ1n) is 13.8. The highest BCUT2D eigenvalue weighted by Gasteiger charge is 2.40. The lowest BCUT2D eigenvalue weighted by Crippen LogP contribution is -2.45. The van der Waals surface area contributed by atoms with Gasteiger partial charge in [0, 0.05) is 0 Å². The second-order valence-electron chi connectivity index (χ2n) is 10.5. The number of aliphatic hydroxyl groups is 1. The molecule has 4 rings (SSSR count). The summed E-state index contributed by atoms with van der Waals surface area (Å²) in [6.07, 6.45) is 1.41. The van der Waals surface area contributed by atoms with Crippen LogP contribution in [0.3, 0.4) is 0 Å². The zero-order valence-corrected chi connectivity index (χ0v) is 22.7. The Kier molecular flexibility index (Phi) is 11.4. The van der Waals surface area contributed by atoms with E-state index in [1.54, 1.807) is 0 Å². The van der Waals surface area contributed by atoms with Gasteiger partial charge in [0.15, 0.2) is 0 Å². The zero-order valence-electron chi connectivity index (χ0n) is 22.7. The first-order chi connectivity index (χ1) is 18.6. The Bertz CT molecular complexity index is 1030.